The van der Waals surface area contributed by atoms with Crippen molar-refractivity contribution in [3.05, 3.63) is 52.8 Å². The van der Waals surface area contributed by atoms with E-state index in [2.05, 4.69) is 27.6 Å². The van der Waals surface area contributed by atoms with Gasteiger partial charge in [0.25, 0.3) is 5.91 Å². The first-order valence-electron chi connectivity index (χ1n) is 7.04. The Labute approximate surface area is 118 Å². The van der Waals surface area contributed by atoms with E-state index in [4.69, 9.17) is 0 Å². The number of hydrogen-bond donors (Lipinski definition) is 2. The van der Waals surface area contributed by atoms with E-state index in [1.165, 1.54) is 18.4 Å². The molecule has 0 saturated heterocycles. The average Bonchev–Trinajstić information content (AvgIpc) is 3.23. The first kappa shape index (κ1) is 12.9. The van der Waals surface area contributed by atoms with Gasteiger partial charge in [0.05, 0.1) is 17.3 Å². The first-order valence-corrected chi connectivity index (χ1v) is 7.04. The summed E-state index contributed by atoms with van der Waals surface area (Å²) in [4.78, 5) is 12.5. The van der Waals surface area contributed by atoms with Crippen molar-refractivity contribution in [2.45, 2.75) is 32.7 Å². The molecule has 4 heteroatoms. The van der Waals surface area contributed by atoms with Crippen LogP contribution < -0.4 is 5.32 Å². The lowest BCUT2D eigenvalue weighted by Gasteiger charge is -2.19. The third kappa shape index (κ3) is 2.46. The average molecular weight is 269 g/mol. The minimum atomic E-state index is -0.0329. The Balaban J connectivity index is 1.83. The maximum atomic E-state index is 12.5. The summed E-state index contributed by atoms with van der Waals surface area (Å²) >= 11 is 0. The van der Waals surface area contributed by atoms with Crippen molar-refractivity contribution < 1.29 is 4.79 Å². The van der Waals surface area contributed by atoms with Crippen molar-refractivity contribution in [3.63, 3.8) is 0 Å². The normalized spacial score (nSPS) is 15.9. The molecule has 20 heavy (non-hydrogen) atoms. The quantitative estimate of drug-likeness (QED) is 0.896. The van der Waals surface area contributed by atoms with Crippen molar-refractivity contribution in [2.24, 2.45) is 5.92 Å². The maximum Gasteiger partial charge on any atom is 0.255 e. The van der Waals surface area contributed by atoms with E-state index in [0.29, 0.717) is 11.5 Å². The minimum Gasteiger partial charge on any atom is -0.345 e. The molecule has 1 fully saturated rings. The molecule has 1 aromatic carbocycles. The second kappa shape index (κ2) is 5.12. The van der Waals surface area contributed by atoms with E-state index < -0.39 is 0 Å². The van der Waals surface area contributed by atoms with Gasteiger partial charge >= 0.3 is 0 Å². The van der Waals surface area contributed by atoms with Crippen LogP contribution in [0.1, 0.15) is 46.2 Å². The molecule has 0 radical (unpaired) electrons. The topological polar surface area (TPSA) is 57.8 Å². The van der Waals surface area contributed by atoms with Crippen LogP contribution in [0.25, 0.3) is 0 Å². The number of rotatable bonds is 4. The van der Waals surface area contributed by atoms with E-state index in [0.717, 1.165) is 11.4 Å². The van der Waals surface area contributed by atoms with Gasteiger partial charge < -0.3 is 5.32 Å². The Bertz CT molecular complexity index is 594. The van der Waals surface area contributed by atoms with Crippen LogP contribution in [0.15, 0.2) is 30.3 Å². The summed E-state index contributed by atoms with van der Waals surface area (Å²) in [5.74, 6) is 0.531. The van der Waals surface area contributed by atoms with Gasteiger partial charge in [-0.3, -0.25) is 9.89 Å². The monoisotopic (exact) mass is 269 g/mol. The SMILES string of the molecule is Cc1n[nH]c(C)c1C(=O)NC(c1ccccc1)C1CC1. The van der Waals surface area contributed by atoms with Crippen LogP contribution in [0.3, 0.4) is 0 Å². The van der Waals surface area contributed by atoms with Gasteiger partial charge in [0.2, 0.25) is 0 Å². The van der Waals surface area contributed by atoms with Gasteiger partial charge in [-0.1, -0.05) is 30.3 Å². The highest BCUT2D eigenvalue weighted by Crippen LogP contribution is 2.41. The molecule has 2 N–H and O–H groups in total. The van der Waals surface area contributed by atoms with Crippen LogP contribution in [0.4, 0.5) is 0 Å². The molecule has 0 bridgehead atoms. The van der Waals surface area contributed by atoms with E-state index in [-0.39, 0.29) is 11.9 Å². The molecule has 1 heterocycles. The summed E-state index contributed by atoms with van der Waals surface area (Å²) in [6.07, 6.45) is 2.37. The third-order valence-electron chi connectivity index (χ3n) is 3.89. The molecule has 1 aromatic heterocycles. The molecule has 1 unspecified atom stereocenters. The maximum absolute atomic E-state index is 12.5. The standard InChI is InChI=1S/C16H19N3O/c1-10-14(11(2)19-18-10)16(20)17-15(13-8-9-13)12-6-4-3-5-7-12/h3-7,13,15H,8-9H2,1-2H3,(H,17,20)(H,18,19). The Kier molecular flexibility index (Phi) is 3.30. The summed E-state index contributed by atoms with van der Waals surface area (Å²) in [6, 6.07) is 10.3. The van der Waals surface area contributed by atoms with Gasteiger partial charge in [-0.25, -0.2) is 0 Å². The molecule has 104 valence electrons. The number of aromatic amines is 1. The number of carbonyl (C=O) groups is 1. The minimum absolute atomic E-state index is 0.0329. The number of hydrogen-bond acceptors (Lipinski definition) is 2. The second-order valence-electron chi connectivity index (χ2n) is 5.51. The molecule has 0 aliphatic heterocycles. The van der Waals surface area contributed by atoms with Crippen LogP contribution >= 0.6 is 0 Å². The van der Waals surface area contributed by atoms with Crippen molar-refractivity contribution in [1.82, 2.24) is 15.5 Å². The first-order chi connectivity index (χ1) is 9.66. The Morgan fingerprint density at radius 2 is 2.00 bits per heavy atom. The fourth-order valence-electron chi connectivity index (χ4n) is 2.66. The predicted octanol–water partition coefficient (Wildman–Crippen LogP) is 2.91. The van der Waals surface area contributed by atoms with Crippen LogP contribution in [0, 0.1) is 19.8 Å². The van der Waals surface area contributed by atoms with Crippen LogP contribution in [-0.2, 0) is 0 Å². The number of H-pyrrole nitrogens is 1. The smallest absolute Gasteiger partial charge is 0.255 e. The van der Waals surface area contributed by atoms with Crippen LogP contribution in [0.2, 0.25) is 0 Å². The van der Waals surface area contributed by atoms with Gasteiger partial charge in [-0.2, -0.15) is 5.10 Å². The molecule has 3 rings (SSSR count). The van der Waals surface area contributed by atoms with Crippen molar-refractivity contribution in [3.8, 4) is 0 Å². The Morgan fingerprint density at radius 3 is 2.55 bits per heavy atom. The molecular formula is C16H19N3O. The molecule has 1 saturated carbocycles. The molecule has 1 amide bonds. The summed E-state index contributed by atoms with van der Waals surface area (Å²) in [6.45, 7) is 3.73. The Hall–Kier alpha value is -2.10. The molecule has 1 aliphatic rings. The highest BCUT2D eigenvalue weighted by atomic mass is 16.1. The number of nitrogens with one attached hydrogen (secondary N) is 2. The van der Waals surface area contributed by atoms with E-state index in [9.17, 15) is 4.79 Å². The van der Waals surface area contributed by atoms with Crippen molar-refractivity contribution in [1.29, 1.82) is 0 Å². The second-order valence-corrected chi connectivity index (χ2v) is 5.51. The van der Waals surface area contributed by atoms with E-state index >= 15 is 0 Å². The molecule has 1 aliphatic carbocycles. The highest BCUT2D eigenvalue weighted by molar-refractivity contribution is 5.96. The fraction of sp³-hybridized carbons (Fsp3) is 0.375. The largest absolute Gasteiger partial charge is 0.345 e. The zero-order valence-electron chi connectivity index (χ0n) is 11.8. The van der Waals surface area contributed by atoms with Gasteiger partial charge in [0.1, 0.15) is 0 Å². The number of amides is 1. The van der Waals surface area contributed by atoms with Gasteiger partial charge in [0.15, 0.2) is 0 Å². The lowest BCUT2D eigenvalue weighted by atomic mass is 10.0. The summed E-state index contributed by atoms with van der Waals surface area (Å²) < 4.78 is 0. The number of nitrogens with zero attached hydrogens (tertiary/aromatic N) is 1. The fourth-order valence-corrected chi connectivity index (χ4v) is 2.66. The van der Waals surface area contributed by atoms with Gasteiger partial charge in [-0.15, -0.1) is 0 Å². The molecule has 1 atom stereocenters. The number of carbonyl (C=O) groups excluding carboxylic acids is 1. The zero-order valence-corrected chi connectivity index (χ0v) is 11.8. The third-order valence-corrected chi connectivity index (χ3v) is 3.89. The Morgan fingerprint density at radius 1 is 1.30 bits per heavy atom. The predicted molar refractivity (Wildman–Crippen MR) is 77.4 cm³/mol. The molecule has 4 nitrogen and oxygen atoms in total. The lowest BCUT2D eigenvalue weighted by Crippen LogP contribution is -2.30. The van der Waals surface area contributed by atoms with Crippen LogP contribution in [0.5, 0.6) is 0 Å². The van der Waals surface area contributed by atoms with E-state index in [1.807, 2.05) is 32.0 Å². The number of aromatic nitrogens is 2. The molecular weight excluding hydrogens is 250 g/mol. The molecule has 2 aromatic rings. The van der Waals surface area contributed by atoms with E-state index in [1.54, 1.807) is 0 Å². The van der Waals surface area contributed by atoms with Gasteiger partial charge in [-0.05, 0) is 38.2 Å². The highest BCUT2D eigenvalue weighted by Gasteiger charge is 2.34. The van der Waals surface area contributed by atoms with Crippen molar-refractivity contribution >= 4 is 5.91 Å². The summed E-state index contributed by atoms with van der Waals surface area (Å²) in [7, 11) is 0. The van der Waals surface area contributed by atoms with Crippen LogP contribution in [-0.4, -0.2) is 16.1 Å². The summed E-state index contributed by atoms with van der Waals surface area (Å²) in [5.41, 5.74) is 3.43. The lowest BCUT2D eigenvalue weighted by molar-refractivity contribution is 0.0930. The zero-order chi connectivity index (χ0) is 14.1. The van der Waals surface area contributed by atoms with Gasteiger partial charge in [0, 0.05) is 5.69 Å². The van der Waals surface area contributed by atoms with Crippen molar-refractivity contribution in [2.75, 3.05) is 0 Å². The number of benzene rings is 1. The molecule has 0 spiro atoms. The summed E-state index contributed by atoms with van der Waals surface area (Å²) in [5, 5.41) is 10.1. The number of aryl methyl sites for hydroxylation is 2.